The zero-order valence-electron chi connectivity index (χ0n) is 26.9. The van der Waals surface area contributed by atoms with Crippen molar-refractivity contribution in [2.75, 3.05) is 65.9 Å². The van der Waals surface area contributed by atoms with Gasteiger partial charge in [0.15, 0.2) is 0 Å². The summed E-state index contributed by atoms with van der Waals surface area (Å²) in [6, 6.07) is 9.99. The highest BCUT2D eigenvalue weighted by molar-refractivity contribution is 8.04. The van der Waals surface area contributed by atoms with Crippen LogP contribution in [0.15, 0.2) is 41.5 Å². The standard InChI is InChI=1S/C33H44N8O4S/c1-22-5-4-12-45-32-27(20-34-39(32)3)29-18-24(17-23(2)35-29)31(42)37-33-36-28-7-6-25(19-30(28)41(33)21-22)38-46(43)15-8-26(9-16-46)40-10-13-44-14-11-40/h6-7,17-20,22,26,46H,4-5,8-16,21H2,1-3H3,(H,38,43)(H,36,37,42). The van der Waals surface area contributed by atoms with Crippen molar-refractivity contribution in [2.45, 2.75) is 45.6 Å². The number of hydrogen-bond acceptors (Lipinski definition) is 9. The average molecular weight is 649 g/mol. The minimum atomic E-state index is -2.58. The Hall–Kier alpha value is -3.81. The lowest BCUT2D eigenvalue weighted by Crippen LogP contribution is -2.49. The predicted octanol–water partition coefficient (Wildman–Crippen LogP) is 3.87. The third kappa shape index (κ3) is 6.40. The van der Waals surface area contributed by atoms with Crippen molar-refractivity contribution >= 4 is 39.0 Å². The maximum Gasteiger partial charge on any atom is 0.280 e. The largest absolute Gasteiger partial charge is 0.477 e. The summed E-state index contributed by atoms with van der Waals surface area (Å²) >= 11 is 0. The second kappa shape index (κ2) is 12.8. The Balaban J connectivity index is 1.15. The molecule has 12 nitrogen and oxygen atoms in total. The van der Waals surface area contributed by atoms with Crippen molar-refractivity contribution in [1.29, 1.82) is 0 Å². The number of nitrogens with zero attached hydrogens (tertiary/aromatic N) is 6. The fourth-order valence-electron chi connectivity index (χ4n) is 7.00. The van der Waals surface area contributed by atoms with Crippen molar-refractivity contribution in [3.05, 3.63) is 47.8 Å². The number of aliphatic imine (C=N–C) groups is 1. The predicted molar refractivity (Wildman–Crippen MR) is 183 cm³/mol. The Kier molecular flexibility index (Phi) is 8.55. The van der Waals surface area contributed by atoms with Gasteiger partial charge in [0.25, 0.3) is 5.91 Å². The smallest absolute Gasteiger partial charge is 0.280 e. The number of hydrogen-bond donors (Lipinski definition) is 3. The highest BCUT2D eigenvalue weighted by atomic mass is 32.3. The topological polar surface area (TPSA) is 126 Å². The minimum Gasteiger partial charge on any atom is -0.477 e. The lowest BCUT2D eigenvalue weighted by atomic mass is 10.1. The maximum absolute atomic E-state index is 14.0. The summed E-state index contributed by atoms with van der Waals surface area (Å²) in [5.41, 5.74) is 5.14. The van der Waals surface area contributed by atoms with Crippen LogP contribution in [0.4, 0.5) is 17.1 Å². The lowest BCUT2D eigenvalue weighted by Gasteiger charge is -2.41. The monoisotopic (exact) mass is 648 g/mol. The summed E-state index contributed by atoms with van der Waals surface area (Å²) in [6.07, 6.45) is 5.36. The van der Waals surface area contributed by atoms with E-state index in [1.807, 2.05) is 32.2 Å². The number of aryl methyl sites for hydroxylation is 2. The fourth-order valence-corrected chi connectivity index (χ4v) is 9.49. The molecule has 2 aromatic heterocycles. The van der Waals surface area contributed by atoms with E-state index in [-0.39, 0.29) is 11.8 Å². The molecule has 46 heavy (non-hydrogen) atoms. The van der Waals surface area contributed by atoms with Crippen LogP contribution in [-0.2, 0) is 21.9 Å². The first-order valence-electron chi connectivity index (χ1n) is 16.4. The number of pyridine rings is 1. The van der Waals surface area contributed by atoms with Gasteiger partial charge in [-0.15, -0.1) is 0 Å². The van der Waals surface area contributed by atoms with E-state index in [0.29, 0.717) is 59.5 Å². The molecule has 6 heterocycles. The summed E-state index contributed by atoms with van der Waals surface area (Å²) in [6.45, 7) is 8.75. The first-order chi connectivity index (χ1) is 22.2. The van der Waals surface area contributed by atoms with E-state index in [9.17, 15) is 9.00 Å². The number of benzene rings is 1. The molecule has 0 spiro atoms. The van der Waals surface area contributed by atoms with Crippen molar-refractivity contribution in [3.8, 4) is 17.1 Å². The van der Waals surface area contributed by atoms with Crippen LogP contribution in [-0.4, -0.2) is 92.7 Å². The Morgan fingerprint density at radius 1 is 1.07 bits per heavy atom. The summed E-state index contributed by atoms with van der Waals surface area (Å²) < 4.78 is 30.9. The Labute approximate surface area is 271 Å². The van der Waals surface area contributed by atoms with Gasteiger partial charge in [0.2, 0.25) is 11.8 Å². The lowest BCUT2D eigenvalue weighted by molar-refractivity contribution is 0.0147. The van der Waals surface area contributed by atoms with E-state index < -0.39 is 10.1 Å². The van der Waals surface area contributed by atoms with E-state index in [2.05, 4.69) is 41.8 Å². The third-order valence-electron chi connectivity index (χ3n) is 9.48. The van der Waals surface area contributed by atoms with Crippen molar-refractivity contribution in [1.82, 2.24) is 19.7 Å². The number of ether oxygens (including phenoxy) is 2. The van der Waals surface area contributed by atoms with E-state index >= 15 is 0 Å². The fraction of sp³-hybridized carbons (Fsp3) is 0.515. The van der Waals surface area contributed by atoms with Gasteiger partial charge in [-0.2, -0.15) is 10.1 Å². The van der Waals surface area contributed by atoms with E-state index in [4.69, 9.17) is 9.47 Å². The highest BCUT2D eigenvalue weighted by Crippen LogP contribution is 2.38. The van der Waals surface area contributed by atoms with Crippen LogP contribution in [0.3, 0.4) is 0 Å². The van der Waals surface area contributed by atoms with Gasteiger partial charge in [0, 0.05) is 61.2 Å². The molecule has 13 heteroatoms. The van der Waals surface area contributed by atoms with Crippen molar-refractivity contribution in [2.24, 2.45) is 18.0 Å². The summed E-state index contributed by atoms with van der Waals surface area (Å²) in [5, 5.41) is 7.78. The summed E-state index contributed by atoms with van der Waals surface area (Å²) in [5.74, 6) is 2.41. The number of nitrogens with one attached hydrogen (secondary N) is 2. The number of morpholine rings is 1. The number of carbonyl (C=O) groups excluding carboxylic acids is 1. The molecular formula is C33H44N8O4S. The van der Waals surface area contributed by atoms with Crippen LogP contribution in [0.1, 0.15) is 48.7 Å². The normalized spacial score (nSPS) is 25.3. The summed E-state index contributed by atoms with van der Waals surface area (Å²) in [4.78, 5) is 27.6. The molecule has 246 valence electrons. The molecule has 0 saturated carbocycles. The van der Waals surface area contributed by atoms with E-state index in [0.717, 1.165) is 74.6 Å². The third-order valence-corrected chi connectivity index (χ3v) is 12.1. The molecule has 2 fully saturated rings. The van der Waals surface area contributed by atoms with Gasteiger partial charge in [0.05, 0.1) is 48.6 Å². The number of guanidine groups is 1. The van der Waals surface area contributed by atoms with Crippen LogP contribution in [0.2, 0.25) is 0 Å². The Bertz CT molecular complexity index is 1690. The molecule has 4 aliphatic rings. The molecule has 1 amide bonds. The molecule has 0 radical (unpaired) electrons. The van der Waals surface area contributed by atoms with Crippen LogP contribution in [0.5, 0.6) is 5.88 Å². The second-order valence-corrected chi connectivity index (χ2v) is 15.9. The molecule has 3 aromatic rings. The number of carbonyl (C=O) groups is 1. The van der Waals surface area contributed by atoms with Gasteiger partial charge in [-0.3, -0.25) is 18.9 Å². The van der Waals surface area contributed by atoms with E-state index in [1.54, 1.807) is 23.0 Å². The highest BCUT2D eigenvalue weighted by Gasteiger charge is 2.32. The quantitative estimate of drug-likeness (QED) is 0.363. The van der Waals surface area contributed by atoms with Gasteiger partial charge in [-0.25, -0.2) is 4.68 Å². The zero-order valence-corrected chi connectivity index (χ0v) is 27.8. The molecule has 2 saturated heterocycles. The zero-order chi connectivity index (χ0) is 31.8. The molecule has 4 aliphatic heterocycles. The molecule has 2 N–H and O–H groups in total. The van der Waals surface area contributed by atoms with Gasteiger partial charge in [0.1, 0.15) is 0 Å². The van der Waals surface area contributed by atoms with Crippen molar-refractivity contribution < 1.29 is 18.5 Å². The minimum absolute atomic E-state index is 0.281. The summed E-state index contributed by atoms with van der Waals surface area (Å²) in [7, 11) is -0.732. The van der Waals surface area contributed by atoms with Gasteiger partial charge >= 0.3 is 0 Å². The van der Waals surface area contributed by atoms with Crippen LogP contribution < -0.4 is 19.7 Å². The van der Waals surface area contributed by atoms with Crippen LogP contribution in [0, 0.1) is 12.8 Å². The number of aromatic nitrogens is 3. The number of anilines is 3. The first kappa shape index (κ1) is 30.8. The SMILES string of the molecule is Cc1cc2cc(n1)-c1cnn(C)c1OCCCC(C)CN1/C(=N/C2=O)Nc2ccc(N[SH]3(=O)CCC(N4CCOCC4)CC3)cc21. The van der Waals surface area contributed by atoms with Gasteiger partial charge < -0.3 is 24.4 Å². The van der Waals surface area contributed by atoms with Gasteiger partial charge in [-0.05, 0) is 79.0 Å². The molecule has 1 aromatic carbocycles. The first-order valence-corrected chi connectivity index (χ1v) is 18.5. The molecule has 7 rings (SSSR count). The molecule has 1 unspecified atom stereocenters. The molecule has 2 bridgehead atoms. The van der Waals surface area contributed by atoms with Gasteiger partial charge in [-0.1, -0.05) is 6.92 Å². The average Bonchev–Trinajstić information content (AvgIpc) is 3.58. The van der Waals surface area contributed by atoms with Crippen LogP contribution in [0.25, 0.3) is 11.3 Å². The maximum atomic E-state index is 14.0. The Morgan fingerprint density at radius 2 is 1.87 bits per heavy atom. The molecule has 1 atom stereocenters. The molecular weight excluding hydrogens is 604 g/mol. The number of rotatable bonds is 3. The second-order valence-electron chi connectivity index (χ2n) is 13.0. The Morgan fingerprint density at radius 3 is 2.67 bits per heavy atom. The number of thiol groups is 1. The molecule has 0 aliphatic carbocycles. The number of fused-ring (bicyclic) bond motifs is 7. The van der Waals surface area contributed by atoms with E-state index in [1.165, 1.54) is 0 Å². The number of amides is 1. The van der Waals surface area contributed by atoms with Crippen molar-refractivity contribution in [3.63, 3.8) is 0 Å². The van der Waals surface area contributed by atoms with Crippen LogP contribution >= 0.6 is 0 Å².